The second-order valence-electron chi connectivity index (χ2n) is 5.71. The first kappa shape index (κ1) is 15.0. The zero-order valence-corrected chi connectivity index (χ0v) is 13.0. The lowest BCUT2D eigenvalue weighted by molar-refractivity contribution is -0.154. The number of nitrogens with one attached hydrogen (secondary N) is 1. The largest absolute Gasteiger partial charge is 0.455 e. The minimum atomic E-state index is -0.527. The molecule has 2 aliphatic rings. The molecule has 0 saturated heterocycles. The Kier molecular flexibility index (Phi) is 4.15. The molecule has 0 bridgehead atoms. The van der Waals surface area contributed by atoms with Crippen LogP contribution in [0.15, 0.2) is 0 Å². The van der Waals surface area contributed by atoms with Crippen LogP contribution in [0, 0.1) is 5.92 Å². The predicted molar refractivity (Wildman–Crippen MR) is 81.8 cm³/mol. The van der Waals surface area contributed by atoms with Gasteiger partial charge in [-0.25, -0.2) is 0 Å². The number of rotatable bonds is 5. The lowest BCUT2D eigenvalue weighted by Gasteiger charge is -2.22. The molecule has 1 aromatic rings. The monoisotopic (exact) mass is 322 g/mol. The van der Waals surface area contributed by atoms with Crippen LogP contribution >= 0.6 is 11.3 Å². The minimum Gasteiger partial charge on any atom is -0.455 e. The molecule has 2 amide bonds. The molecule has 3 rings (SSSR count). The highest BCUT2D eigenvalue weighted by Gasteiger charge is 2.28. The van der Waals surface area contributed by atoms with Gasteiger partial charge in [0.2, 0.25) is 0 Å². The fourth-order valence-corrected chi connectivity index (χ4v) is 4.13. The van der Waals surface area contributed by atoms with Crippen LogP contribution in [0.2, 0.25) is 0 Å². The SMILES string of the molecule is NC(=O)c1c(NC(=O)COC(=O)C2CCC2)sc2c1CCC2. The zero-order chi connectivity index (χ0) is 15.7. The average molecular weight is 322 g/mol. The predicted octanol–water partition coefficient (Wildman–Crippen LogP) is 1.62. The van der Waals surface area contributed by atoms with E-state index < -0.39 is 11.8 Å². The standard InChI is InChI=1S/C15H18N2O4S/c16-13(19)12-9-5-2-6-10(9)22-14(12)17-11(18)7-21-15(20)8-3-1-4-8/h8H,1-7H2,(H2,16,19)(H,17,18). The first-order valence-corrected chi connectivity index (χ1v) is 8.28. The molecule has 2 aliphatic carbocycles. The van der Waals surface area contributed by atoms with Gasteiger partial charge in [-0.05, 0) is 37.7 Å². The van der Waals surface area contributed by atoms with Crippen LogP contribution in [-0.4, -0.2) is 24.4 Å². The van der Waals surface area contributed by atoms with E-state index in [4.69, 9.17) is 10.5 Å². The number of fused-ring (bicyclic) bond motifs is 1. The van der Waals surface area contributed by atoms with E-state index in [9.17, 15) is 14.4 Å². The summed E-state index contributed by atoms with van der Waals surface area (Å²) >= 11 is 1.39. The summed E-state index contributed by atoms with van der Waals surface area (Å²) in [7, 11) is 0. The van der Waals surface area contributed by atoms with Crippen LogP contribution < -0.4 is 11.1 Å². The molecule has 1 fully saturated rings. The third kappa shape index (κ3) is 2.85. The number of ether oxygens (including phenoxy) is 1. The van der Waals surface area contributed by atoms with Crippen molar-refractivity contribution in [3.05, 3.63) is 16.0 Å². The fraction of sp³-hybridized carbons (Fsp3) is 0.533. The third-order valence-corrected chi connectivity index (χ3v) is 5.41. The summed E-state index contributed by atoms with van der Waals surface area (Å²) in [5.74, 6) is -1.33. The van der Waals surface area contributed by atoms with Gasteiger partial charge in [0.1, 0.15) is 5.00 Å². The first-order chi connectivity index (χ1) is 10.6. The Morgan fingerprint density at radius 3 is 2.64 bits per heavy atom. The van der Waals surface area contributed by atoms with E-state index >= 15 is 0 Å². The summed E-state index contributed by atoms with van der Waals surface area (Å²) in [5.41, 5.74) is 6.80. The van der Waals surface area contributed by atoms with Crippen molar-refractivity contribution >= 4 is 34.1 Å². The Hall–Kier alpha value is -1.89. The molecule has 118 valence electrons. The van der Waals surface area contributed by atoms with Gasteiger partial charge in [-0.15, -0.1) is 11.3 Å². The smallest absolute Gasteiger partial charge is 0.309 e. The second-order valence-corrected chi connectivity index (χ2v) is 6.81. The summed E-state index contributed by atoms with van der Waals surface area (Å²) in [6, 6.07) is 0. The van der Waals surface area contributed by atoms with Crippen LogP contribution in [0.25, 0.3) is 0 Å². The third-order valence-electron chi connectivity index (χ3n) is 4.20. The van der Waals surface area contributed by atoms with Gasteiger partial charge < -0.3 is 15.8 Å². The van der Waals surface area contributed by atoms with Crippen LogP contribution in [0.5, 0.6) is 0 Å². The molecule has 0 aliphatic heterocycles. The lowest BCUT2D eigenvalue weighted by atomic mass is 9.86. The topological polar surface area (TPSA) is 98.5 Å². The maximum absolute atomic E-state index is 11.9. The molecule has 0 aromatic carbocycles. The van der Waals surface area contributed by atoms with Crippen molar-refractivity contribution < 1.29 is 19.1 Å². The molecule has 0 radical (unpaired) electrons. The number of carbonyl (C=O) groups is 3. The number of anilines is 1. The number of nitrogens with two attached hydrogens (primary N) is 1. The highest BCUT2D eigenvalue weighted by molar-refractivity contribution is 7.17. The number of hydrogen-bond acceptors (Lipinski definition) is 5. The Bertz CT molecular complexity index is 634. The molecule has 0 unspecified atom stereocenters. The number of primary amides is 1. The first-order valence-electron chi connectivity index (χ1n) is 7.47. The van der Waals surface area contributed by atoms with E-state index in [1.165, 1.54) is 11.3 Å². The number of esters is 1. The zero-order valence-electron chi connectivity index (χ0n) is 12.1. The summed E-state index contributed by atoms with van der Waals surface area (Å²) in [4.78, 5) is 36.2. The molecule has 7 heteroatoms. The minimum absolute atomic E-state index is 0.0560. The molecular formula is C15H18N2O4S. The van der Waals surface area contributed by atoms with E-state index in [0.29, 0.717) is 10.6 Å². The van der Waals surface area contributed by atoms with Crippen LogP contribution in [0.3, 0.4) is 0 Å². The van der Waals surface area contributed by atoms with Gasteiger partial charge >= 0.3 is 5.97 Å². The van der Waals surface area contributed by atoms with Crippen LogP contribution in [-0.2, 0) is 27.2 Å². The number of hydrogen-bond donors (Lipinski definition) is 2. The summed E-state index contributed by atoms with van der Waals surface area (Å²) < 4.78 is 5.00. The van der Waals surface area contributed by atoms with Crippen molar-refractivity contribution in [3.63, 3.8) is 0 Å². The van der Waals surface area contributed by atoms with Gasteiger partial charge in [-0.3, -0.25) is 14.4 Å². The number of amides is 2. The number of carbonyl (C=O) groups excluding carboxylic acids is 3. The van der Waals surface area contributed by atoms with Crippen molar-refractivity contribution in [3.8, 4) is 0 Å². The number of aryl methyl sites for hydroxylation is 1. The lowest BCUT2D eigenvalue weighted by Crippen LogP contribution is -2.28. The van der Waals surface area contributed by atoms with Crippen molar-refractivity contribution in [2.24, 2.45) is 11.7 Å². The van der Waals surface area contributed by atoms with E-state index in [0.717, 1.165) is 49.0 Å². The van der Waals surface area contributed by atoms with Crippen LogP contribution in [0.4, 0.5) is 5.00 Å². The van der Waals surface area contributed by atoms with Crippen LogP contribution in [0.1, 0.15) is 46.5 Å². The second kappa shape index (κ2) is 6.08. The van der Waals surface area contributed by atoms with Gasteiger partial charge in [-0.1, -0.05) is 6.42 Å². The van der Waals surface area contributed by atoms with Gasteiger partial charge in [0.25, 0.3) is 11.8 Å². The quantitative estimate of drug-likeness (QED) is 0.805. The van der Waals surface area contributed by atoms with Crippen molar-refractivity contribution in [1.82, 2.24) is 0 Å². The van der Waals surface area contributed by atoms with E-state index in [2.05, 4.69) is 5.32 Å². The van der Waals surface area contributed by atoms with E-state index in [-0.39, 0.29) is 18.5 Å². The maximum atomic E-state index is 11.9. The fourth-order valence-electron chi connectivity index (χ4n) is 2.81. The average Bonchev–Trinajstić information content (AvgIpc) is 2.93. The molecule has 1 saturated carbocycles. The van der Waals surface area contributed by atoms with Gasteiger partial charge in [0.15, 0.2) is 6.61 Å². The Morgan fingerprint density at radius 1 is 1.23 bits per heavy atom. The molecule has 1 aromatic heterocycles. The van der Waals surface area contributed by atoms with Crippen molar-refractivity contribution in [1.29, 1.82) is 0 Å². The molecule has 22 heavy (non-hydrogen) atoms. The highest BCUT2D eigenvalue weighted by atomic mass is 32.1. The highest BCUT2D eigenvalue weighted by Crippen LogP contribution is 2.38. The van der Waals surface area contributed by atoms with Crippen molar-refractivity contribution in [2.75, 3.05) is 11.9 Å². The maximum Gasteiger partial charge on any atom is 0.309 e. The van der Waals surface area contributed by atoms with Gasteiger partial charge in [-0.2, -0.15) is 0 Å². The van der Waals surface area contributed by atoms with E-state index in [1.807, 2.05) is 0 Å². The van der Waals surface area contributed by atoms with Crippen molar-refractivity contribution in [2.45, 2.75) is 38.5 Å². The molecule has 6 nitrogen and oxygen atoms in total. The normalized spacial score (nSPS) is 16.7. The molecule has 0 atom stereocenters. The van der Waals surface area contributed by atoms with Gasteiger partial charge in [0, 0.05) is 4.88 Å². The summed E-state index contributed by atoms with van der Waals surface area (Å²) in [5, 5.41) is 3.13. The Labute approximate surface area is 132 Å². The Morgan fingerprint density at radius 2 is 2.00 bits per heavy atom. The Balaban J connectivity index is 1.61. The molecule has 3 N–H and O–H groups in total. The summed E-state index contributed by atoms with van der Waals surface area (Å²) in [6.07, 6.45) is 5.45. The molecule has 1 heterocycles. The summed E-state index contributed by atoms with van der Waals surface area (Å²) in [6.45, 7) is -0.323. The van der Waals surface area contributed by atoms with Gasteiger partial charge in [0.05, 0.1) is 11.5 Å². The molecule has 0 spiro atoms. The van der Waals surface area contributed by atoms with E-state index in [1.54, 1.807) is 0 Å². The number of thiophene rings is 1. The molecular weight excluding hydrogens is 304 g/mol.